The van der Waals surface area contributed by atoms with Gasteiger partial charge in [0.15, 0.2) is 0 Å². The summed E-state index contributed by atoms with van der Waals surface area (Å²) in [4.78, 5) is 26.5. The third-order valence-electron chi connectivity index (χ3n) is 4.67. The van der Waals surface area contributed by atoms with Crippen molar-refractivity contribution in [2.75, 3.05) is 20.3 Å². The average Bonchev–Trinajstić information content (AvgIpc) is 3.16. The Hall–Kier alpha value is -2.85. The molecule has 1 aliphatic rings. The monoisotopic (exact) mass is 444 g/mol. The lowest BCUT2D eigenvalue weighted by Gasteiger charge is -2.27. The minimum absolute atomic E-state index is 0.0641. The number of halogens is 2. The number of methoxy groups -OCH3 is 1. The highest BCUT2D eigenvalue weighted by Crippen LogP contribution is 2.33. The highest BCUT2D eigenvalue weighted by molar-refractivity contribution is 6.36. The van der Waals surface area contributed by atoms with Crippen LogP contribution in [0.1, 0.15) is 19.1 Å². The Labute approximate surface area is 183 Å². The number of benzene rings is 1. The zero-order valence-electron chi connectivity index (χ0n) is 16.4. The molecule has 0 spiro atoms. The molecule has 0 aliphatic carbocycles. The molecule has 8 heteroatoms. The summed E-state index contributed by atoms with van der Waals surface area (Å²) in [5.41, 5.74) is 1.14. The molecule has 30 heavy (non-hydrogen) atoms. The first kappa shape index (κ1) is 21.8. The van der Waals surface area contributed by atoms with Gasteiger partial charge in [-0.05, 0) is 55.3 Å². The van der Waals surface area contributed by atoms with Crippen LogP contribution in [0.2, 0.25) is 10.0 Å². The first-order valence-corrected chi connectivity index (χ1v) is 9.86. The first-order valence-electron chi connectivity index (χ1n) is 9.10. The van der Waals surface area contributed by atoms with Gasteiger partial charge in [0.25, 0.3) is 11.8 Å². The van der Waals surface area contributed by atoms with Crippen molar-refractivity contribution >= 4 is 41.1 Å². The minimum atomic E-state index is -0.596. The van der Waals surface area contributed by atoms with Gasteiger partial charge in [0.05, 0.1) is 5.02 Å². The van der Waals surface area contributed by atoms with Crippen LogP contribution in [0.5, 0.6) is 0 Å². The summed E-state index contributed by atoms with van der Waals surface area (Å²) >= 11 is 12.2. The lowest BCUT2D eigenvalue weighted by atomic mass is 9.94. The normalized spacial score (nSPS) is 15.8. The lowest BCUT2D eigenvalue weighted by molar-refractivity contribution is -0.140. The second-order valence-electron chi connectivity index (χ2n) is 6.60. The highest BCUT2D eigenvalue weighted by atomic mass is 35.5. The van der Waals surface area contributed by atoms with Crippen LogP contribution in [0.3, 0.4) is 0 Å². The summed E-state index contributed by atoms with van der Waals surface area (Å²) in [5, 5.41) is 10.4. The molecule has 0 radical (unpaired) electrons. The van der Waals surface area contributed by atoms with Gasteiger partial charge in [0, 0.05) is 36.4 Å². The van der Waals surface area contributed by atoms with Gasteiger partial charge in [-0.2, -0.15) is 5.26 Å². The van der Waals surface area contributed by atoms with Gasteiger partial charge in [-0.25, -0.2) is 0 Å². The Morgan fingerprint density at radius 3 is 2.63 bits per heavy atom. The molecule has 1 aromatic carbocycles. The van der Waals surface area contributed by atoms with Crippen LogP contribution in [-0.2, 0) is 14.3 Å². The highest BCUT2D eigenvalue weighted by Gasteiger charge is 2.35. The van der Waals surface area contributed by atoms with Crippen LogP contribution < -0.4 is 0 Å². The van der Waals surface area contributed by atoms with Crippen LogP contribution >= 0.6 is 23.2 Å². The molecule has 2 heterocycles. The number of hydrogen-bond donors (Lipinski definition) is 0. The molecule has 3 rings (SSSR count). The maximum atomic E-state index is 12.9. The molecule has 0 unspecified atom stereocenters. The molecule has 0 N–H and O–H groups in total. The summed E-state index contributed by atoms with van der Waals surface area (Å²) in [5.74, 6) is -0.180. The number of rotatable bonds is 6. The maximum Gasteiger partial charge on any atom is 0.271 e. The fourth-order valence-corrected chi connectivity index (χ4v) is 3.61. The number of nitriles is 1. The number of furan rings is 1. The van der Waals surface area contributed by atoms with Gasteiger partial charge in [0.2, 0.25) is 0 Å². The number of hydrogen-bond acceptors (Lipinski definition) is 5. The summed E-state index contributed by atoms with van der Waals surface area (Å²) in [6.45, 7) is 2.13. The van der Waals surface area contributed by atoms with E-state index in [2.05, 4.69) is 0 Å². The van der Waals surface area contributed by atoms with E-state index in [0.29, 0.717) is 45.7 Å². The standard InChI is InChI=1S/C22H18Cl2N2O4/c1-13-17(21(27)26(8-3-9-29-2)22(28)18(13)12-25)11-15-5-7-20(30-15)16-6-4-14(23)10-19(16)24/h4-7,10-11H,3,8-9H2,1-2H3/b17-11+. The summed E-state index contributed by atoms with van der Waals surface area (Å²) in [6.07, 6.45) is 2.00. The molecule has 154 valence electrons. The van der Waals surface area contributed by atoms with Crippen LogP contribution in [0.4, 0.5) is 0 Å². The van der Waals surface area contributed by atoms with Gasteiger partial charge in [-0.15, -0.1) is 0 Å². The molecule has 0 saturated heterocycles. The zero-order valence-corrected chi connectivity index (χ0v) is 17.9. The van der Waals surface area contributed by atoms with Crippen molar-refractivity contribution in [3.63, 3.8) is 0 Å². The number of ether oxygens (including phenoxy) is 1. The molecule has 0 saturated carbocycles. The Morgan fingerprint density at radius 2 is 1.97 bits per heavy atom. The first-order chi connectivity index (χ1) is 14.4. The molecule has 2 aromatic rings. The van der Waals surface area contributed by atoms with Crippen LogP contribution in [0, 0.1) is 11.3 Å². The van der Waals surface area contributed by atoms with Crippen molar-refractivity contribution in [2.24, 2.45) is 0 Å². The average molecular weight is 445 g/mol. The van der Waals surface area contributed by atoms with E-state index in [-0.39, 0.29) is 17.7 Å². The van der Waals surface area contributed by atoms with E-state index in [9.17, 15) is 14.9 Å². The molecule has 2 amide bonds. The fraction of sp³-hybridized carbons (Fsp3) is 0.227. The number of carbonyl (C=O) groups is 2. The van der Waals surface area contributed by atoms with Crippen LogP contribution in [0.15, 0.2) is 51.5 Å². The van der Waals surface area contributed by atoms with Gasteiger partial charge in [-0.1, -0.05) is 23.2 Å². The molecule has 0 atom stereocenters. The third-order valence-corrected chi connectivity index (χ3v) is 5.21. The van der Waals surface area contributed by atoms with E-state index in [1.807, 2.05) is 6.07 Å². The number of carbonyl (C=O) groups excluding carboxylic acids is 2. The Morgan fingerprint density at radius 1 is 1.20 bits per heavy atom. The molecule has 6 nitrogen and oxygen atoms in total. The zero-order chi connectivity index (χ0) is 21.8. The van der Waals surface area contributed by atoms with Gasteiger partial charge in [-0.3, -0.25) is 14.5 Å². The summed E-state index contributed by atoms with van der Waals surface area (Å²) in [7, 11) is 1.54. The van der Waals surface area contributed by atoms with Crippen molar-refractivity contribution in [2.45, 2.75) is 13.3 Å². The number of amides is 2. The largest absolute Gasteiger partial charge is 0.457 e. The molecule has 0 fully saturated rings. The van der Waals surface area contributed by atoms with E-state index in [0.717, 1.165) is 4.90 Å². The number of imide groups is 1. The van der Waals surface area contributed by atoms with E-state index in [1.165, 1.54) is 13.2 Å². The van der Waals surface area contributed by atoms with E-state index in [1.54, 1.807) is 37.3 Å². The molecule has 1 aliphatic heterocycles. The van der Waals surface area contributed by atoms with E-state index < -0.39 is 11.8 Å². The van der Waals surface area contributed by atoms with Crippen molar-refractivity contribution in [1.82, 2.24) is 4.90 Å². The Kier molecular flexibility index (Phi) is 6.78. The molecular weight excluding hydrogens is 427 g/mol. The predicted octanol–water partition coefficient (Wildman–Crippen LogP) is 4.88. The molecule has 1 aromatic heterocycles. The molecular formula is C22H18Cl2N2O4. The van der Waals surface area contributed by atoms with Crippen molar-refractivity contribution < 1.29 is 18.7 Å². The van der Waals surface area contributed by atoms with Crippen molar-refractivity contribution in [3.8, 4) is 17.4 Å². The van der Waals surface area contributed by atoms with Gasteiger partial charge >= 0.3 is 0 Å². The Bertz CT molecular complexity index is 1110. The summed E-state index contributed by atoms with van der Waals surface area (Å²) < 4.78 is 10.8. The van der Waals surface area contributed by atoms with Crippen molar-refractivity contribution in [3.05, 3.63) is 62.9 Å². The topological polar surface area (TPSA) is 83.5 Å². The lowest BCUT2D eigenvalue weighted by Crippen LogP contribution is -2.43. The fourth-order valence-electron chi connectivity index (χ4n) is 3.11. The van der Waals surface area contributed by atoms with E-state index >= 15 is 0 Å². The SMILES string of the molecule is COCCCN1C(=O)C(C#N)=C(C)/C(=C\c2ccc(-c3ccc(Cl)cc3Cl)o2)C1=O. The smallest absolute Gasteiger partial charge is 0.271 e. The van der Waals surface area contributed by atoms with Gasteiger partial charge < -0.3 is 9.15 Å². The Balaban J connectivity index is 1.98. The molecule has 0 bridgehead atoms. The quantitative estimate of drug-likeness (QED) is 0.360. The minimum Gasteiger partial charge on any atom is -0.457 e. The second-order valence-corrected chi connectivity index (χ2v) is 7.45. The van der Waals surface area contributed by atoms with Crippen LogP contribution in [-0.4, -0.2) is 37.0 Å². The summed E-state index contributed by atoms with van der Waals surface area (Å²) in [6, 6.07) is 10.4. The maximum absolute atomic E-state index is 12.9. The van der Waals surface area contributed by atoms with E-state index in [4.69, 9.17) is 32.4 Å². The van der Waals surface area contributed by atoms with Crippen LogP contribution in [0.25, 0.3) is 17.4 Å². The van der Waals surface area contributed by atoms with Gasteiger partial charge in [0.1, 0.15) is 23.2 Å². The predicted molar refractivity (Wildman–Crippen MR) is 114 cm³/mol. The second kappa shape index (κ2) is 9.31. The number of nitrogens with zero attached hydrogens (tertiary/aromatic N) is 2. The van der Waals surface area contributed by atoms with Crippen molar-refractivity contribution in [1.29, 1.82) is 5.26 Å². The third kappa shape index (κ3) is 4.34.